The second kappa shape index (κ2) is 6.48. The summed E-state index contributed by atoms with van der Waals surface area (Å²) in [7, 11) is 0. The highest BCUT2D eigenvalue weighted by molar-refractivity contribution is 5.20. The number of hydrogen-bond donors (Lipinski definition) is 1. The summed E-state index contributed by atoms with van der Waals surface area (Å²) < 4.78 is 28.2. The predicted octanol–water partition coefficient (Wildman–Crippen LogP) is 3.31. The number of hydrogen-bond acceptors (Lipinski definition) is 1. The van der Waals surface area contributed by atoms with Crippen molar-refractivity contribution in [3.8, 4) is 0 Å². The molecule has 0 atom stereocenters. The lowest BCUT2D eigenvalue weighted by atomic mass is 10.2. The third-order valence-electron chi connectivity index (χ3n) is 2.94. The van der Waals surface area contributed by atoms with E-state index in [1.165, 1.54) is 12.1 Å². The smallest absolute Gasteiger partial charge is 0.131 e. The van der Waals surface area contributed by atoms with Crippen LogP contribution in [0.5, 0.6) is 0 Å². The molecule has 0 unspecified atom stereocenters. The number of nitrogens with one attached hydrogen (secondary N) is 1. The van der Waals surface area contributed by atoms with E-state index in [1.807, 2.05) is 23.0 Å². The molecule has 0 bridgehead atoms. The van der Waals surface area contributed by atoms with Crippen LogP contribution in [-0.2, 0) is 13.1 Å². The molecule has 1 aromatic carbocycles. The fourth-order valence-electron chi connectivity index (χ4n) is 1.95. The van der Waals surface area contributed by atoms with Gasteiger partial charge in [0.25, 0.3) is 0 Å². The lowest BCUT2D eigenvalue weighted by Crippen LogP contribution is -2.13. The normalized spacial score (nSPS) is 10.9. The minimum absolute atomic E-state index is 0.417. The van der Waals surface area contributed by atoms with Crippen LogP contribution in [0.25, 0.3) is 0 Å². The van der Waals surface area contributed by atoms with Crippen LogP contribution in [0.3, 0.4) is 0 Å². The van der Waals surface area contributed by atoms with Crippen LogP contribution in [0.1, 0.15) is 24.5 Å². The molecule has 102 valence electrons. The highest BCUT2D eigenvalue weighted by atomic mass is 19.1. The largest absolute Gasteiger partial charge is 0.349 e. The van der Waals surface area contributed by atoms with Crippen LogP contribution in [-0.4, -0.2) is 11.1 Å². The van der Waals surface area contributed by atoms with Gasteiger partial charge in [-0.05, 0) is 30.7 Å². The van der Waals surface area contributed by atoms with Crippen molar-refractivity contribution in [2.24, 2.45) is 0 Å². The first-order valence-corrected chi connectivity index (χ1v) is 6.48. The molecule has 0 aliphatic heterocycles. The molecule has 0 saturated heterocycles. The van der Waals surface area contributed by atoms with Gasteiger partial charge in [-0.2, -0.15) is 0 Å². The van der Waals surface area contributed by atoms with Crippen molar-refractivity contribution in [1.82, 2.24) is 9.88 Å². The van der Waals surface area contributed by atoms with Crippen molar-refractivity contribution >= 4 is 0 Å². The summed E-state index contributed by atoms with van der Waals surface area (Å²) in [5.41, 5.74) is 1.65. The molecule has 2 nitrogen and oxygen atoms in total. The first-order valence-electron chi connectivity index (χ1n) is 6.48. The Morgan fingerprint density at radius 1 is 1.21 bits per heavy atom. The van der Waals surface area contributed by atoms with E-state index in [2.05, 4.69) is 12.2 Å². The van der Waals surface area contributed by atoms with Gasteiger partial charge in [-0.25, -0.2) is 8.78 Å². The maximum Gasteiger partial charge on any atom is 0.131 e. The third-order valence-corrected chi connectivity index (χ3v) is 2.94. The summed E-state index contributed by atoms with van der Waals surface area (Å²) >= 11 is 0. The lowest BCUT2D eigenvalue weighted by molar-refractivity contribution is 0.566. The molecule has 1 aromatic heterocycles. The van der Waals surface area contributed by atoms with Crippen molar-refractivity contribution in [1.29, 1.82) is 0 Å². The van der Waals surface area contributed by atoms with Gasteiger partial charge in [0, 0.05) is 37.1 Å². The fourth-order valence-corrected chi connectivity index (χ4v) is 1.95. The molecule has 0 amide bonds. The van der Waals surface area contributed by atoms with Gasteiger partial charge in [-0.1, -0.05) is 13.0 Å². The summed E-state index contributed by atoms with van der Waals surface area (Å²) in [5.74, 6) is -1.04. The van der Waals surface area contributed by atoms with Crippen LogP contribution in [0, 0.1) is 11.6 Å². The van der Waals surface area contributed by atoms with Gasteiger partial charge < -0.3 is 9.88 Å². The zero-order valence-corrected chi connectivity index (χ0v) is 11.0. The molecular weight excluding hydrogens is 246 g/mol. The molecule has 2 aromatic rings. The lowest BCUT2D eigenvalue weighted by Gasteiger charge is -2.05. The molecule has 19 heavy (non-hydrogen) atoms. The van der Waals surface area contributed by atoms with Gasteiger partial charge in [0.15, 0.2) is 0 Å². The van der Waals surface area contributed by atoms with E-state index >= 15 is 0 Å². The first-order chi connectivity index (χ1) is 9.19. The monoisotopic (exact) mass is 264 g/mol. The first kappa shape index (κ1) is 13.7. The Hall–Kier alpha value is -1.68. The van der Waals surface area contributed by atoms with Gasteiger partial charge >= 0.3 is 0 Å². The number of aromatic nitrogens is 1. The molecule has 0 radical (unpaired) electrons. The maximum absolute atomic E-state index is 13.5. The summed E-state index contributed by atoms with van der Waals surface area (Å²) in [6, 6.07) is 5.69. The van der Waals surface area contributed by atoms with Gasteiger partial charge in [0.1, 0.15) is 11.6 Å². The van der Waals surface area contributed by atoms with Crippen molar-refractivity contribution in [2.45, 2.75) is 26.4 Å². The topological polar surface area (TPSA) is 17.0 Å². The molecule has 4 heteroatoms. The Labute approximate surface area is 112 Å². The summed E-state index contributed by atoms with van der Waals surface area (Å²) in [6.45, 7) is 4.33. The minimum atomic E-state index is -0.543. The van der Waals surface area contributed by atoms with Gasteiger partial charge in [0.05, 0.1) is 0 Å². The Bertz CT molecular complexity index is 535. The van der Waals surface area contributed by atoms with E-state index in [9.17, 15) is 8.78 Å². The maximum atomic E-state index is 13.5. The average molecular weight is 264 g/mol. The number of halogens is 2. The van der Waals surface area contributed by atoms with E-state index in [1.54, 1.807) is 0 Å². The highest BCUT2D eigenvalue weighted by Crippen LogP contribution is 2.12. The Morgan fingerprint density at radius 3 is 2.79 bits per heavy atom. The van der Waals surface area contributed by atoms with E-state index in [0.29, 0.717) is 12.1 Å². The fraction of sp³-hybridized carbons (Fsp3) is 0.333. The highest BCUT2D eigenvalue weighted by Gasteiger charge is 2.05. The Morgan fingerprint density at radius 2 is 2.05 bits per heavy atom. The number of nitrogens with zero attached hydrogens (tertiary/aromatic N) is 1. The number of benzene rings is 1. The molecule has 0 aliphatic carbocycles. The van der Waals surface area contributed by atoms with E-state index in [0.717, 1.165) is 31.1 Å². The molecule has 0 spiro atoms. The molecule has 0 saturated carbocycles. The van der Waals surface area contributed by atoms with Crippen LogP contribution >= 0.6 is 0 Å². The van der Waals surface area contributed by atoms with Gasteiger partial charge in [0.2, 0.25) is 0 Å². The zero-order valence-electron chi connectivity index (χ0n) is 11.0. The summed E-state index contributed by atoms with van der Waals surface area (Å²) in [6.07, 6.45) is 4.98. The standard InChI is InChI=1S/C15H18F2N2/c1-2-6-18-9-12-5-7-19(10-12)11-13-3-4-14(16)8-15(13)17/h3-5,7-8,10,18H,2,6,9,11H2,1H3. The Kier molecular flexibility index (Phi) is 4.68. The van der Waals surface area contributed by atoms with Gasteiger partial charge in [-0.15, -0.1) is 0 Å². The van der Waals surface area contributed by atoms with Gasteiger partial charge in [-0.3, -0.25) is 0 Å². The molecule has 1 heterocycles. The summed E-state index contributed by atoms with van der Waals surface area (Å²) in [4.78, 5) is 0. The predicted molar refractivity (Wildman–Crippen MR) is 71.9 cm³/mol. The Balaban J connectivity index is 1.99. The van der Waals surface area contributed by atoms with Crippen LogP contribution in [0.4, 0.5) is 8.78 Å². The second-order valence-electron chi connectivity index (χ2n) is 4.60. The van der Waals surface area contributed by atoms with E-state index < -0.39 is 11.6 Å². The van der Waals surface area contributed by atoms with E-state index in [4.69, 9.17) is 0 Å². The van der Waals surface area contributed by atoms with Crippen molar-refractivity contribution < 1.29 is 8.78 Å². The zero-order chi connectivity index (χ0) is 13.7. The molecule has 2 rings (SSSR count). The third kappa shape index (κ3) is 3.89. The van der Waals surface area contributed by atoms with Crippen molar-refractivity contribution in [3.63, 3.8) is 0 Å². The van der Waals surface area contributed by atoms with Crippen LogP contribution in [0.2, 0.25) is 0 Å². The SMILES string of the molecule is CCCNCc1ccn(Cc2ccc(F)cc2F)c1. The number of rotatable bonds is 6. The van der Waals surface area contributed by atoms with E-state index in [-0.39, 0.29) is 0 Å². The quantitative estimate of drug-likeness (QED) is 0.792. The minimum Gasteiger partial charge on any atom is -0.349 e. The molecule has 1 N–H and O–H groups in total. The van der Waals surface area contributed by atoms with Crippen molar-refractivity contribution in [3.05, 3.63) is 59.4 Å². The van der Waals surface area contributed by atoms with Crippen molar-refractivity contribution in [2.75, 3.05) is 6.54 Å². The second-order valence-corrected chi connectivity index (χ2v) is 4.60. The summed E-state index contributed by atoms with van der Waals surface area (Å²) in [5, 5.41) is 3.31. The average Bonchev–Trinajstić information content (AvgIpc) is 2.81. The van der Waals surface area contributed by atoms with Crippen LogP contribution in [0.15, 0.2) is 36.7 Å². The molecular formula is C15H18F2N2. The molecule has 0 fully saturated rings. The van der Waals surface area contributed by atoms with Crippen LogP contribution < -0.4 is 5.32 Å². The molecule has 0 aliphatic rings.